The highest BCUT2D eigenvalue weighted by molar-refractivity contribution is 5.81. The summed E-state index contributed by atoms with van der Waals surface area (Å²) in [5, 5.41) is 2.92. The molecule has 0 saturated carbocycles. The van der Waals surface area contributed by atoms with Gasteiger partial charge in [-0.2, -0.15) is 0 Å². The van der Waals surface area contributed by atoms with E-state index >= 15 is 0 Å². The molecule has 0 bridgehead atoms. The average molecular weight is 325 g/mol. The van der Waals surface area contributed by atoms with Crippen LogP contribution >= 0.6 is 0 Å². The lowest BCUT2D eigenvalue weighted by molar-refractivity contribution is -0.131. The van der Waals surface area contributed by atoms with Gasteiger partial charge in [0.05, 0.1) is 6.61 Å². The van der Waals surface area contributed by atoms with Gasteiger partial charge in [0.15, 0.2) is 11.5 Å². The molecule has 4 rings (SSSR count). The molecule has 5 nitrogen and oxygen atoms in total. The van der Waals surface area contributed by atoms with E-state index < -0.39 is 6.10 Å². The predicted molar refractivity (Wildman–Crippen MR) is 88.2 cm³/mol. The van der Waals surface area contributed by atoms with E-state index in [-0.39, 0.29) is 18.6 Å². The summed E-state index contributed by atoms with van der Waals surface area (Å²) in [5.74, 6) is 1.09. The smallest absolute Gasteiger partial charge is 0.264 e. The van der Waals surface area contributed by atoms with Crippen LogP contribution in [-0.2, 0) is 16.0 Å². The molecule has 5 heteroatoms. The van der Waals surface area contributed by atoms with Crippen LogP contribution in [0.15, 0.2) is 48.5 Å². The minimum atomic E-state index is -0.640. The maximum Gasteiger partial charge on any atom is 0.264 e. The molecule has 2 atom stereocenters. The Kier molecular flexibility index (Phi) is 4.09. The second-order valence-electron chi connectivity index (χ2n) is 5.92. The molecule has 2 aliphatic heterocycles. The number of rotatable bonds is 3. The standard InChI is InChI=1S/C19H19NO4/c21-19(18-12-23-15-7-3-4-8-16(15)24-18)20-11-17-14-6-2-1-5-13(14)9-10-22-17/h1-8,17-18H,9-12H2,(H,20,21)/t17-,18-/m1/s1. The number of nitrogens with one attached hydrogen (secondary N) is 1. The Bertz CT molecular complexity index is 746. The normalized spacial score (nSPS) is 21.7. The summed E-state index contributed by atoms with van der Waals surface area (Å²) in [4.78, 5) is 12.4. The highest BCUT2D eigenvalue weighted by Gasteiger charge is 2.28. The number of benzene rings is 2. The third-order valence-corrected chi connectivity index (χ3v) is 4.36. The lowest BCUT2D eigenvalue weighted by Gasteiger charge is -2.28. The first-order valence-corrected chi connectivity index (χ1v) is 8.17. The molecule has 0 unspecified atom stereocenters. The van der Waals surface area contributed by atoms with Crippen LogP contribution in [0.5, 0.6) is 11.5 Å². The number of hydrogen-bond donors (Lipinski definition) is 1. The fourth-order valence-electron chi connectivity index (χ4n) is 3.10. The van der Waals surface area contributed by atoms with Crippen molar-refractivity contribution in [2.75, 3.05) is 19.8 Å². The lowest BCUT2D eigenvalue weighted by Crippen LogP contribution is -2.45. The molecule has 0 spiro atoms. The molecule has 0 aliphatic carbocycles. The number of para-hydroxylation sites is 2. The summed E-state index contributed by atoms with van der Waals surface area (Å²) in [6.45, 7) is 1.32. The van der Waals surface area contributed by atoms with Gasteiger partial charge in [-0.05, 0) is 29.7 Å². The summed E-state index contributed by atoms with van der Waals surface area (Å²) in [5.41, 5.74) is 2.43. The molecule has 0 saturated heterocycles. The van der Waals surface area contributed by atoms with E-state index in [9.17, 15) is 4.79 Å². The highest BCUT2D eigenvalue weighted by Crippen LogP contribution is 2.31. The first kappa shape index (κ1) is 15.0. The van der Waals surface area contributed by atoms with Crippen molar-refractivity contribution in [1.29, 1.82) is 0 Å². The summed E-state index contributed by atoms with van der Waals surface area (Å²) >= 11 is 0. The van der Waals surface area contributed by atoms with E-state index in [2.05, 4.69) is 17.4 Å². The molecular weight excluding hydrogens is 306 g/mol. The molecule has 0 fully saturated rings. The molecule has 2 aromatic rings. The van der Waals surface area contributed by atoms with E-state index in [4.69, 9.17) is 14.2 Å². The SMILES string of the molecule is O=C(NC[C@H]1OCCc2ccccc21)[C@H]1COc2ccccc2O1. The molecule has 0 aromatic heterocycles. The quantitative estimate of drug-likeness (QED) is 0.940. The van der Waals surface area contributed by atoms with Gasteiger partial charge in [0.25, 0.3) is 5.91 Å². The molecule has 1 amide bonds. The van der Waals surface area contributed by atoms with Crippen molar-refractivity contribution >= 4 is 5.91 Å². The molecule has 24 heavy (non-hydrogen) atoms. The van der Waals surface area contributed by atoms with Crippen molar-refractivity contribution in [2.45, 2.75) is 18.6 Å². The van der Waals surface area contributed by atoms with Crippen molar-refractivity contribution in [3.8, 4) is 11.5 Å². The Labute approximate surface area is 140 Å². The number of hydrogen-bond acceptors (Lipinski definition) is 4. The fraction of sp³-hybridized carbons (Fsp3) is 0.316. The second kappa shape index (κ2) is 6.53. The van der Waals surface area contributed by atoms with Crippen LogP contribution in [0.1, 0.15) is 17.2 Å². The third kappa shape index (κ3) is 2.95. The van der Waals surface area contributed by atoms with Gasteiger partial charge in [0.1, 0.15) is 12.7 Å². The van der Waals surface area contributed by atoms with Crippen molar-refractivity contribution < 1.29 is 19.0 Å². The largest absolute Gasteiger partial charge is 0.485 e. The predicted octanol–water partition coefficient (Wildman–Crippen LogP) is 2.26. The second-order valence-corrected chi connectivity index (χ2v) is 5.92. The third-order valence-electron chi connectivity index (χ3n) is 4.36. The Balaban J connectivity index is 1.38. The summed E-state index contributed by atoms with van der Waals surface area (Å²) in [6.07, 6.45) is 0.159. The van der Waals surface area contributed by atoms with Crippen molar-refractivity contribution in [3.63, 3.8) is 0 Å². The van der Waals surface area contributed by atoms with E-state index in [1.165, 1.54) is 5.56 Å². The van der Waals surface area contributed by atoms with Gasteiger partial charge in [-0.15, -0.1) is 0 Å². The molecule has 2 heterocycles. The zero-order valence-electron chi connectivity index (χ0n) is 13.2. The average Bonchev–Trinajstić information content (AvgIpc) is 2.65. The number of carbonyl (C=O) groups excluding carboxylic acids is 1. The minimum absolute atomic E-state index is 0.115. The first-order chi connectivity index (χ1) is 11.8. The van der Waals surface area contributed by atoms with Crippen LogP contribution in [0.25, 0.3) is 0 Å². The van der Waals surface area contributed by atoms with Crippen molar-refractivity contribution in [2.24, 2.45) is 0 Å². The summed E-state index contributed by atoms with van der Waals surface area (Å²) < 4.78 is 17.1. The number of ether oxygens (including phenoxy) is 3. The van der Waals surface area contributed by atoms with Crippen LogP contribution in [-0.4, -0.2) is 31.8 Å². The van der Waals surface area contributed by atoms with E-state index in [0.717, 1.165) is 12.0 Å². The Morgan fingerprint density at radius 2 is 1.88 bits per heavy atom. The zero-order valence-corrected chi connectivity index (χ0v) is 13.2. The van der Waals surface area contributed by atoms with Crippen molar-refractivity contribution in [1.82, 2.24) is 5.32 Å². The molecular formula is C19H19NO4. The van der Waals surface area contributed by atoms with Gasteiger partial charge in [-0.1, -0.05) is 36.4 Å². The number of amides is 1. The van der Waals surface area contributed by atoms with Gasteiger partial charge < -0.3 is 19.5 Å². The van der Waals surface area contributed by atoms with Crippen LogP contribution in [0.3, 0.4) is 0 Å². The lowest BCUT2D eigenvalue weighted by atomic mass is 9.97. The molecule has 0 radical (unpaired) electrons. The van der Waals surface area contributed by atoms with Crippen LogP contribution in [0.4, 0.5) is 0 Å². The summed E-state index contributed by atoms with van der Waals surface area (Å²) in [6, 6.07) is 15.6. The van der Waals surface area contributed by atoms with Gasteiger partial charge in [-0.3, -0.25) is 4.79 Å². The van der Waals surface area contributed by atoms with Crippen molar-refractivity contribution in [3.05, 3.63) is 59.7 Å². The fourth-order valence-corrected chi connectivity index (χ4v) is 3.10. The maximum atomic E-state index is 12.4. The topological polar surface area (TPSA) is 56.8 Å². The molecule has 124 valence electrons. The van der Waals surface area contributed by atoms with Gasteiger partial charge >= 0.3 is 0 Å². The summed E-state index contributed by atoms with van der Waals surface area (Å²) in [7, 11) is 0. The minimum Gasteiger partial charge on any atom is -0.485 e. The van der Waals surface area contributed by atoms with Gasteiger partial charge in [0, 0.05) is 6.54 Å². The Hall–Kier alpha value is -2.53. The zero-order chi connectivity index (χ0) is 16.4. The monoisotopic (exact) mass is 325 g/mol. The van der Waals surface area contributed by atoms with E-state index in [1.54, 1.807) is 6.07 Å². The number of fused-ring (bicyclic) bond motifs is 2. The van der Waals surface area contributed by atoms with E-state index in [0.29, 0.717) is 24.7 Å². The van der Waals surface area contributed by atoms with Crippen LogP contribution in [0, 0.1) is 0 Å². The van der Waals surface area contributed by atoms with Gasteiger partial charge in [-0.25, -0.2) is 0 Å². The first-order valence-electron chi connectivity index (χ1n) is 8.17. The highest BCUT2D eigenvalue weighted by atomic mass is 16.6. The molecule has 1 N–H and O–H groups in total. The maximum absolute atomic E-state index is 12.4. The van der Waals surface area contributed by atoms with Gasteiger partial charge in [0.2, 0.25) is 6.10 Å². The number of carbonyl (C=O) groups is 1. The molecule has 2 aliphatic rings. The molecule has 2 aromatic carbocycles. The van der Waals surface area contributed by atoms with Crippen LogP contribution in [0.2, 0.25) is 0 Å². The Morgan fingerprint density at radius 3 is 2.79 bits per heavy atom. The van der Waals surface area contributed by atoms with Crippen LogP contribution < -0.4 is 14.8 Å². The Morgan fingerprint density at radius 1 is 1.08 bits per heavy atom. The van der Waals surface area contributed by atoms with E-state index in [1.807, 2.05) is 30.3 Å².